The van der Waals surface area contributed by atoms with Crippen LogP contribution in [0.3, 0.4) is 0 Å². The molecule has 1 N–H and O–H groups in total. The van der Waals surface area contributed by atoms with Gasteiger partial charge in [0, 0.05) is 19.5 Å². The normalized spacial score (nSPS) is 20.5. The predicted molar refractivity (Wildman–Crippen MR) is 75.7 cm³/mol. The highest BCUT2D eigenvalue weighted by Gasteiger charge is 2.30. The molecule has 0 spiro atoms. The van der Waals surface area contributed by atoms with Crippen molar-refractivity contribution in [1.29, 1.82) is 0 Å². The SMILES string of the molecule is CC1(CNCc2ccc3c(c2)OCCCO3)CCC1. The maximum absolute atomic E-state index is 5.72. The molecule has 1 aromatic rings. The van der Waals surface area contributed by atoms with Gasteiger partial charge >= 0.3 is 0 Å². The lowest BCUT2D eigenvalue weighted by Gasteiger charge is -2.38. The van der Waals surface area contributed by atoms with E-state index in [4.69, 9.17) is 9.47 Å². The third-order valence-electron chi connectivity index (χ3n) is 4.25. The first kappa shape index (κ1) is 12.8. The third-order valence-corrected chi connectivity index (χ3v) is 4.25. The summed E-state index contributed by atoms with van der Waals surface area (Å²) in [5, 5.41) is 3.57. The fourth-order valence-corrected chi connectivity index (χ4v) is 2.78. The number of nitrogens with one attached hydrogen (secondary N) is 1. The predicted octanol–water partition coefficient (Wildman–Crippen LogP) is 3.13. The van der Waals surface area contributed by atoms with Gasteiger partial charge in [-0.3, -0.25) is 0 Å². The van der Waals surface area contributed by atoms with Crippen LogP contribution in [0.1, 0.15) is 38.2 Å². The Morgan fingerprint density at radius 3 is 2.63 bits per heavy atom. The van der Waals surface area contributed by atoms with E-state index in [2.05, 4.69) is 24.4 Å². The summed E-state index contributed by atoms with van der Waals surface area (Å²) in [6.07, 6.45) is 5.07. The third kappa shape index (κ3) is 3.03. The van der Waals surface area contributed by atoms with Crippen LogP contribution in [-0.2, 0) is 6.54 Å². The van der Waals surface area contributed by atoms with E-state index in [0.717, 1.165) is 44.2 Å². The van der Waals surface area contributed by atoms with Crippen LogP contribution >= 0.6 is 0 Å². The van der Waals surface area contributed by atoms with Crippen LogP contribution in [0.4, 0.5) is 0 Å². The second-order valence-electron chi connectivity index (χ2n) is 6.10. The minimum absolute atomic E-state index is 0.533. The van der Waals surface area contributed by atoms with E-state index in [1.54, 1.807) is 0 Å². The number of hydrogen-bond acceptors (Lipinski definition) is 3. The van der Waals surface area contributed by atoms with Gasteiger partial charge in [-0.1, -0.05) is 19.4 Å². The van der Waals surface area contributed by atoms with Crippen molar-refractivity contribution in [1.82, 2.24) is 5.32 Å². The smallest absolute Gasteiger partial charge is 0.161 e. The monoisotopic (exact) mass is 261 g/mol. The van der Waals surface area contributed by atoms with Gasteiger partial charge in [-0.2, -0.15) is 0 Å². The van der Waals surface area contributed by atoms with E-state index >= 15 is 0 Å². The highest BCUT2D eigenvalue weighted by Crippen LogP contribution is 2.39. The zero-order chi connectivity index (χ0) is 13.1. The van der Waals surface area contributed by atoms with Crippen molar-refractivity contribution in [2.75, 3.05) is 19.8 Å². The van der Waals surface area contributed by atoms with Crippen LogP contribution in [0.5, 0.6) is 11.5 Å². The van der Waals surface area contributed by atoms with Gasteiger partial charge in [0.25, 0.3) is 0 Å². The molecule has 2 aliphatic rings. The fraction of sp³-hybridized carbons (Fsp3) is 0.625. The first-order chi connectivity index (χ1) is 9.25. The molecule has 1 fully saturated rings. The van der Waals surface area contributed by atoms with Crippen molar-refractivity contribution >= 4 is 0 Å². The lowest BCUT2D eigenvalue weighted by atomic mass is 9.70. The average molecular weight is 261 g/mol. The van der Waals surface area contributed by atoms with Crippen LogP contribution in [0, 0.1) is 5.41 Å². The Bertz CT molecular complexity index is 440. The molecular weight excluding hydrogens is 238 g/mol. The summed E-state index contributed by atoms with van der Waals surface area (Å²) in [7, 11) is 0. The lowest BCUT2D eigenvalue weighted by molar-refractivity contribution is 0.156. The molecule has 0 unspecified atom stereocenters. The van der Waals surface area contributed by atoms with E-state index in [1.165, 1.54) is 24.8 Å². The average Bonchev–Trinajstić information content (AvgIpc) is 2.61. The highest BCUT2D eigenvalue weighted by atomic mass is 16.5. The van der Waals surface area contributed by atoms with Crippen LogP contribution < -0.4 is 14.8 Å². The van der Waals surface area contributed by atoms with Crippen molar-refractivity contribution in [2.45, 2.75) is 39.2 Å². The van der Waals surface area contributed by atoms with E-state index in [9.17, 15) is 0 Å². The molecule has 0 radical (unpaired) electrons. The van der Waals surface area contributed by atoms with Gasteiger partial charge in [0.15, 0.2) is 11.5 Å². The number of hydrogen-bond donors (Lipinski definition) is 1. The van der Waals surface area contributed by atoms with Gasteiger partial charge in [-0.15, -0.1) is 0 Å². The molecular formula is C16H23NO2. The van der Waals surface area contributed by atoms with Crippen LogP contribution in [-0.4, -0.2) is 19.8 Å². The quantitative estimate of drug-likeness (QED) is 0.903. The minimum Gasteiger partial charge on any atom is -0.490 e. The summed E-state index contributed by atoms with van der Waals surface area (Å²) in [6.45, 7) is 5.90. The largest absolute Gasteiger partial charge is 0.490 e. The molecule has 3 rings (SSSR count). The Balaban J connectivity index is 1.57. The van der Waals surface area contributed by atoms with Gasteiger partial charge in [0.1, 0.15) is 0 Å². The number of benzene rings is 1. The number of rotatable bonds is 4. The first-order valence-electron chi connectivity index (χ1n) is 7.34. The molecule has 0 saturated heterocycles. The topological polar surface area (TPSA) is 30.5 Å². The van der Waals surface area contributed by atoms with Gasteiger partial charge in [0.2, 0.25) is 0 Å². The first-order valence-corrected chi connectivity index (χ1v) is 7.34. The molecule has 104 valence electrons. The van der Waals surface area contributed by atoms with Crippen LogP contribution in [0.2, 0.25) is 0 Å². The van der Waals surface area contributed by atoms with Crippen LogP contribution in [0.15, 0.2) is 18.2 Å². The van der Waals surface area contributed by atoms with E-state index in [0.29, 0.717) is 5.41 Å². The molecule has 1 saturated carbocycles. The van der Waals surface area contributed by atoms with Gasteiger partial charge in [-0.25, -0.2) is 0 Å². The molecule has 0 bridgehead atoms. The summed E-state index contributed by atoms with van der Waals surface area (Å²) < 4.78 is 11.4. The molecule has 1 aromatic carbocycles. The molecule has 1 heterocycles. The molecule has 0 atom stereocenters. The Morgan fingerprint density at radius 1 is 1.11 bits per heavy atom. The lowest BCUT2D eigenvalue weighted by Crippen LogP contribution is -2.36. The van der Waals surface area contributed by atoms with Crippen molar-refractivity contribution in [2.24, 2.45) is 5.41 Å². The molecule has 3 nitrogen and oxygen atoms in total. The van der Waals surface area contributed by atoms with Gasteiger partial charge in [0.05, 0.1) is 13.2 Å². The van der Waals surface area contributed by atoms with Crippen molar-refractivity contribution < 1.29 is 9.47 Å². The summed E-state index contributed by atoms with van der Waals surface area (Å²) in [5.41, 5.74) is 1.80. The standard InChI is InChI=1S/C16H23NO2/c1-16(6-2-7-16)12-17-11-13-4-5-14-15(10-13)19-9-3-8-18-14/h4-5,10,17H,2-3,6-9,11-12H2,1H3. The summed E-state index contributed by atoms with van der Waals surface area (Å²) in [5.74, 6) is 1.78. The summed E-state index contributed by atoms with van der Waals surface area (Å²) >= 11 is 0. The van der Waals surface area contributed by atoms with Crippen molar-refractivity contribution in [3.05, 3.63) is 23.8 Å². The van der Waals surface area contributed by atoms with Gasteiger partial charge < -0.3 is 14.8 Å². The van der Waals surface area contributed by atoms with Crippen LogP contribution in [0.25, 0.3) is 0 Å². The van der Waals surface area contributed by atoms with Crippen molar-refractivity contribution in [3.63, 3.8) is 0 Å². The maximum Gasteiger partial charge on any atom is 0.161 e. The van der Waals surface area contributed by atoms with Crippen molar-refractivity contribution in [3.8, 4) is 11.5 Å². The highest BCUT2D eigenvalue weighted by molar-refractivity contribution is 5.43. The Hall–Kier alpha value is -1.22. The van der Waals surface area contributed by atoms with E-state index in [1.807, 2.05) is 6.07 Å². The molecule has 0 amide bonds. The second-order valence-corrected chi connectivity index (χ2v) is 6.10. The number of ether oxygens (including phenoxy) is 2. The number of fused-ring (bicyclic) bond motifs is 1. The Labute approximate surface area is 115 Å². The summed E-state index contributed by atoms with van der Waals surface area (Å²) in [6, 6.07) is 6.27. The Kier molecular flexibility index (Phi) is 3.65. The molecule has 19 heavy (non-hydrogen) atoms. The van der Waals surface area contributed by atoms with Gasteiger partial charge in [-0.05, 0) is 36.0 Å². The zero-order valence-corrected chi connectivity index (χ0v) is 11.7. The molecule has 0 aromatic heterocycles. The summed E-state index contributed by atoms with van der Waals surface area (Å²) in [4.78, 5) is 0. The fourth-order valence-electron chi connectivity index (χ4n) is 2.78. The van der Waals surface area contributed by atoms with E-state index < -0.39 is 0 Å². The Morgan fingerprint density at radius 2 is 1.89 bits per heavy atom. The molecule has 3 heteroatoms. The maximum atomic E-state index is 5.72. The van der Waals surface area contributed by atoms with E-state index in [-0.39, 0.29) is 0 Å². The second kappa shape index (κ2) is 5.41. The molecule has 1 aliphatic heterocycles. The minimum atomic E-state index is 0.533. The molecule has 1 aliphatic carbocycles. The zero-order valence-electron chi connectivity index (χ0n) is 11.7.